The van der Waals surface area contributed by atoms with Crippen LogP contribution in [0.25, 0.3) is 0 Å². The molecule has 0 aliphatic carbocycles. The van der Waals surface area contributed by atoms with Gasteiger partial charge >= 0.3 is 5.97 Å². The van der Waals surface area contributed by atoms with Crippen LogP contribution in [-0.4, -0.2) is 29.9 Å². The molecule has 0 aliphatic rings. The zero-order valence-corrected chi connectivity index (χ0v) is 12.1. The number of nitrogens with one attached hydrogen (secondary N) is 1. The maximum Gasteiger partial charge on any atom is 0.313 e. The van der Waals surface area contributed by atoms with Crippen LogP contribution >= 0.6 is 0 Å². The quantitative estimate of drug-likeness (QED) is 0.806. The minimum absolute atomic E-state index is 0.217. The van der Waals surface area contributed by atoms with E-state index in [-0.39, 0.29) is 5.97 Å². The summed E-state index contributed by atoms with van der Waals surface area (Å²) in [4.78, 5) is 11.7. The molecule has 1 N–H and O–H groups in total. The SMILES string of the molecule is CNCc1c(C)nn(CC(C)(C)C(=O)OC)c1C. The zero-order valence-electron chi connectivity index (χ0n) is 12.1. The molecule has 0 spiro atoms. The van der Waals surface area contributed by atoms with Crippen LogP contribution in [0.2, 0.25) is 0 Å². The third-order valence-electron chi connectivity index (χ3n) is 3.17. The van der Waals surface area contributed by atoms with Gasteiger partial charge in [-0.1, -0.05) is 0 Å². The number of methoxy groups -OCH3 is 1. The average Bonchev–Trinajstić information content (AvgIpc) is 2.55. The average molecular weight is 253 g/mol. The third kappa shape index (κ3) is 2.90. The molecule has 1 aromatic rings. The Morgan fingerprint density at radius 2 is 2.06 bits per heavy atom. The zero-order chi connectivity index (χ0) is 13.9. The molecule has 0 radical (unpaired) electrons. The molecule has 0 bridgehead atoms. The van der Waals surface area contributed by atoms with Crippen molar-refractivity contribution in [1.29, 1.82) is 0 Å². The molecule has 102 valence electrons. The Labute approximate surface area is 109 Å². The number of esters is 1. The van der Waals surface area contributed by atoms with Gasteiger partial charge in [0.2, 0.25) is 0 Å². The lowest BCUT2D eigenvalue weighted by atomic mass is 9.94. The molecule has 0 unspecified atom stereocenters. The van der Waals surface area contributed by atoms with Crippen molar-refractivity contribution in [3.63, 3.8) is 0 Å². The number of carbonyl (C=O) groups excluding carboxylic acids is 1. The Morgan fingerprint density at radius 1 is 1.44 bits per heavy atom. The van der Waals surface area contributed by atoms with Gasteiger partial charge in [0.15, 0.2) is 0 Å². The minimum atomic E-state index is -0.575. The Balaban J connectivity index is 2.98. The van der Waals surface area contributed by atoms with E-state index in [2.05, 4.69) is 10.4 Å². The fourth-order valence-electron chi connectivity index (χ4n) is 2.04. The molecule has 1 heterocycles. The predicted molar refractivity (Wildman–Crippen MR) is 70.3 cm³/mol. The fraction of sp³-hybridized carbons (Fsp3) is 0.692. The van der Waals surface area contributed by atoms with Gasteiger partial charge in [-0.3, -0.25) is 9.48 Å². The van der Waals surface area contributed by atoms with E-state index in [9.17, 15) is 4.79 Å². The summed E-state index contributed by atoms with van der Waals surface area (Å²) in [5, 5.41) is 7.63. The first-order chi connectivity index (χ1) is 8.33. The second-order valence-corrected chi connectivity index (χ2v) is 5.21. The van der Waals surface area contributed by atoms with Crippen molar-refractivity contribution < 1.29 is 9.53 Å². The highest BCUT2D eigenvalue weighted by atomic mass is 16.5. The monoisotopic (exact) mass is 253 g/mol. The molecule has 0 saturated carbocycles. The second kappa shape index (κ2) is 5.52. The van der Waals surface area contributed by atoms with Gasteiger partial charge in [0.25, 0.3) is 0 Å². The van der Waals surface area contributed by atoms with E-state index in [0.717, 1.165) is 17.9 Å². The summed E-state index contributed by atoms with van der Waals surface area (Å²) in [6.07, 6.45) is 0. The highest BCUT2D eigenvalue weighted by Gasteiger charge is 2.30. The summed E-state index contributed by atoms with van der Waals surface area (Å²) in [5.41, 5.74) is 2.72. The van der Waals surface area contributed by atoms with E-state index >= 15 is 0 Å². The van der Waals surface area contributed by atoms with E-state index in [4.69, 9.17) is 4.74 Å². The van der Waals surface area contributed by atoms with Crippen molar-refractivity contribution in [2.24, 2.45) is 5.41 Å². The van der Waals surface area contributed by atoms with Gasteiger partial charge in [0.05, 0.1) is 24.8 Å². The van der Waals surface area contributed by atoms with Crippen molar-refractivity contribution in [1.82, 2.24) is 15.1 Å². The van der Waals surface area contributed by atoms with Gasteiger partial charge in [0.1, 0.15) is 0 Å². The van der Waals surface area contributed by atoms with Gasteiger partial charge in [-0.25, -0.2) is 0 Å². The number of aryl methyl sites for hydroxylation is 1. The predicted octanol–water partition coefficient (Wildman–Crippen LogP) is 1.42. The first-order valence-electron chi connectivity index (χ1n) is 6.09. The normalized spacial score (nSPS) is 11.7. The number of nitrogens with zero attached hydrogens (tertiary/aromatic N) is 2. The van der Waals surface area contributed by atoms with Crippen molar-refractivity contribution >= 4 is 5.97 Å². The lowest BCUT2D eigenvalue weighted by Crippen LogP contribution is -2.31. The number of aromatic nitrogens is 2. The largest absolute Gasteiger partial charge is 0.469 e. The van der Waals surface area contributed by atoms with Crippen LogP contribution in [0.3, 0.4) is 0 Å². The molecule has 0 amide bonds. The summed E-state index contributed by atoms with van der Waals surface area (Å²) in [5.74, 6) is -0.217. The van der Waals surface area contributed by atoms with Gasteiger partial charge in [-0.2, -0.15) is 5.10 Å². The van der Waals surface area contributed by atoms with Crippen LogP contribution in [0.5, 0.6) is 0 Å². The lowest BCUT2D eigenvalue weighted by molar-refractivity contribution is -0.151. The molecule has 1 rings (SSSR count). The number of hydrogen-bond donors (Lipinski definition) is 1. The Kier molecular flexibility index (Phi) is 4.51. The van der Waals surface area contributed by atoms with Crippen molar-refractivity contribution in [2.75, 3.05) is 14.2 Å². The molecule has 0 aliphatic heterocycles. The van der Waals surface area contributed by atoms with Gasteiger partial charge in [-0.15, -0.1) is 0 Å². The topological polar surface area (TPSA) is 56.2 Å². The molecular weight excluding hydrogens is 230 g/mol. The molecule has 5 nitrogen and oxygen atoms in total. The highest BCUT2D eigenvalue weighted by Crippen LogP contribution is 2.22. The van der Waals surface area contributed by atoms with E-state index in [1.807, 2.05) is 39.4 Å². The molecule has 0 aromatic carbocycles. The van der Waals surface area contributed by atoms with E-state index in [1.54, 1.807) is 0 Å². The van der Waals surface area contributed by atoms with E-state index in [0.29, 0.717) is 6.54 Å². The maximum absolute atomic E-state index is 11.7. The smallest absolute Gasteiger partial charge is 0.313 e. The second-order valence-electron chi connectivity index (χ2n) is 5.21. The molecular formula is C13H23N3O2. The van der Waals surface area contributed by atoms with Crippen LogP contribution in [0.15, 0.2) is 0 Å². The van der Waals surface area contributed by atoms with Crippen LogP contribution in [0.1, 0.15) is 30.8 Å². The third-order valence-corrected chi connectivity index (χ3v) is 3.17. The number of hydrogen-bond acceptors (Lipinski definition) is 4. The Hall–Kier alpha value is -1.36. The summed E-state index contributed by atoms with van der Waals surface area (Å²) in [7, 11) is 3.33. The van der Waals surface area contributed by atoms with Crippen molar-refractivity contribution in [2.45, 2.75) is 40.8 Å². The molecule has 1 aromatic heterocycles. The van der Waals surface area contributed by atoms with E-state index < -0.39 is 5.41 Å². The van der Waals surface area contributed by atoms with Crippen LogP contribution < -0.4 is 5.32 Å². The number of ether oxygens (including phenoxy) is 1. The first-order valence-corrected chi connectivity index (χ1v) is 6.09. The fourth-order valence-corrected chi connectivity index (χ4v) is 2.04. The summed E-state index contributed by atoms with van der Waals surface area (Å²) >= 11 is 0. The molecule has 0 saturated heterocycles. The molecule has 18 heavy (non-hydrogen) atoms. The van der Waals surface area contributed by atoms with Crippen molar-refractivity contribution in [3.05, 3.63) is 17.0 Å². The lowest BCUT2D eigenvalue weighted by Gasteiger charge is -2.22. The molecule has 5 heteroatoms. The maximum atomic E-state index is 11.7. The van der Waals surface area contributed by atoms with Gasteiger partial charge < -0.3 is 10.1 Å². The van der Waals surface area contributed by atoms with Gasteiger partial charge in [-0.05, 0) is 34.7 Å². The minimum Gasteiger partial charge on any atom is -0.469 e. The Morgan fingerprint density at radius 3 is 2.56 bits per heavy atom. The summed E-state index contributed by atoms with van der Waals surface area (Å²) < 4.78 is 6.71. The van der Waals surface area contributed by atoms with Crippen LogP contribution in [0, 0.1) is 19.3 Å². The molecule has 0 atom stereocenters. The highest BCUT2D eigenvalue weighted by molar-refractivity contribution is 5.75. The van der Waals surface area contributed by atoms with E-state index in [1.165, 1.54) is 12.7 Å². The first kappa shape index (κ1) is 14.7. The molecule has 0 fully saturated rings. The van der Waals surface area contributed by atoms with Crippen LogP contribution in [-0.2, 0) is 22.6 Å². The standard InChI is InChI=1S/C13H23N3O2/c1-9-11(7-14-5)10(2)16(15-9)8-13(3,4)12(17)18-6/h14H,7-8H2,1-6H3. The number of carbonyl (C=O) groups is 1. The summed E-state index contributed by atoms with van der Waals surface area (Å²) in [6, 6.07) is 0. The van der Waals surface area contributed by atoms with Gasteiger partial charge in [0, 0.05) is 17.8 Å². The van der Waals surface area contributed by atoms with Crippen LogP contribution in [0.4, 0.5) is 0 Å². The summed E-state index contributed by atoms with van der Waals surface area (Å²) in [6.45, 7) is 9.06. The Bertz CT molecular complexity index is 436. The van der Waals surface area contributed by atoms with Crippen molar-refractivity contribution in [3.8, 4) is 0 Å². The number of rotatable bonds is 5.